The molecular formula is C25H39NO2. The highest BCUT2D eigenvalue weighted by molar-refractivity contribution is 5.87. The lowest BCUT2D eigenvalue weighted by Gasteiger charge is -2.05. The van der Waals surface area contributed by atoms with Crippen LogP contribution < -0.4 is 5.32 Å². The molecule has 1 aromatic rings. The first-order valence-corrected chi connectivity index (χ1v) is 11.1. The maximum atomic E-state index is 11.3. The topological polar surface area (TPSA) is 38.3 Å². The Morgan fingerprint density at radius 2 is 1.54 bits per heavy atom. The van der Waals surface area contributed by atoms with Crippen molar-refractivity contribution in [1.29, 1.82) is 0 Å². The van der Waals surface area contributed by atoms with E-state index < -0.39 is 0 Å². The van der Waals surface area contributed by atoms with E-state index in [-0.39, 0.29) is 5.97 Å². The largest absolute Gasteiger partial charge is 0.463 e. The molecule has 0 atom stereocenters. The lowest BCUT2D eigenvalue weighted by Crippen LogP contribution is -2.00. The van der Waals surface area contributed by atoms with Gasteiger partial charge in [0.2, 0.25) is 0 Å². The highest BCUT2D eigenvalue weighted by Gasteiger charge is 1.95. The van der Waals surface area contributed by atoms with E-state index >= 15 is 0 Å². The average Bonchev–Trinajstić information content (AvgIpc) is 2.71. The third-order valence-corrected chi connectivity index (χ3v) is 4.63. The third kappa shape index (κ3) is 13.2. The molecule has 0 amide bonds. The first-order valence-electron chi connectivity index (χ1n) is 11.1. The molecule has 0 aliphatic heterocycles. The number of rotatable bonds is 16. The SMILES string of the molecule is CCCCCCCCCC=CCCCNc1ccc(C=CC(=O)OCC)cc1. The normalized spacial score (nSPS) is 11.4. The van der Waals surface area contributed by atoms with Gasteiger partial charge in [0.05, 0.1) is 6.61 Å². The number of benzene rings is 1. The standard InChI is InChI=1S/C25H39NO2/c1-3-5-6-7-8-9-10-11-12-13-14-15-22-26-24-19-16-23(17-20-24)18-21-25(27)28-4-2/h12-13,16-21,26H,3-11,14-15,22H2,1-2H3. The number of hydrogen-bond donors (Lipinski definition) is 1. The van der Waals surface area contributed by atoms with Gasteiger partial charge in [-0.3, -0.25) is 0 Å². The van der Waals surface area contributed by atoms with Gasteiger partial charge in [0.1, 0.15) is 0 Å². The van der Waals surface area contributed by atoms with Crippen LogP contribution in [0, 0.1) is 0 Å². The summed E-state index contributed by atoms with van der Waals surface area (Å²) in [5.41, 5.74) is 2.10. The Morgan fingerprint density at radius 1 is 0.893 bits per heavy atom. The van der Waals surface area contributed by atoms with Crippen LogP contribution in [-0.2, 0) is 9.53 Å². The van der Waals surface area contributed by atoms with Crippen molar-refractivity contribution in [3.8, 4) is 0 Å². The van der Waals surface area contributed by atoms with Gasteiger partial charge in [-0.2, -0.15) is 0 Å². The van der Waals surface area contributed by atoms with E-state index in [0.29, 0.717) is 6.61 Å². The zero-order valence-corrected chi connectivity index (χ0v) is 17.9. The summed E-state index contributed by atoms with van der Waals surface area (Å²) in [6, 6.07) is 8.09. The van der Waals surface area contributed by atoms with Crippen molar-refractivity contribution in [3.63, 3.8) is 0 Å². The Balaban J connectivity index is 2.04. The van der Waals surface area contributed by atoms with E-state index in [4.69, 9.17) is 4.74 Å². The number of nitrogens with one attached hydrogen (secondary N) is 1. The van der Waals surface area contributed by atoms with Gasteiger partial charge in [-0.15, -0.1) is 0 Å². The van der Waals surface area contributed by atoms with Crippen molar-refractivity contribution in [3.05, 3.63) is 48.1 Å². The molecule has 0 bridgehead atoms. The fraction of sp³-hybridized carbons (Fsp3) is 0.560. The van der Waals surface area contributed by atoms with Gasteiger partial charge in [-0.05, 0) is 56.4 Å². The second kappa shape index (κ2) is 17.1. The Hall–Kier alpha value is -2.03. The molecule has 0 spiro atoms. The molecule has 156 valence electrons. The van der Waals surface area contributed by atoms with Gasteiger partial charge < -0.3 is 10.1 Å². The van der Waals surface area contributed by atoms with Gasteiger partial charge in [-0.1, -0.05) is 69.7 Å². The molecule has 0 saturated carbocycles. The number of hydrogen-bond acceptors (Lipinski definition) is 3. The Kier molecular flexibility index (Phi) is 14.7. The van der Waals surface area contributed by atoms with Crippen LogP contribution in [0.4, 0.5) is 5.69 Å². The van der Waals surface area contributed by atoms with Crippen LogP contribution in [0.3, 0.4) is 0 Å². The molecule has 28 heavy (non-hydrogen) atoms. The molecule has 1 aromatic carbocycles. The first kappa shape index (κ1) is 24.0. The van der Waals surface area contributed by atoms with Gasteiger partial charge in [0.15, 0.2) is 0 Å². The summed E-state index contributed by atoms with van der Waals surface area (Å²) in [7, 11) is 0. The number of anilines is 1. The van der Waals surface area contributed by atoms with E-state index in [9.17, 15) is 4.79 Å². The lowest BCUT2D eigenvalue weighted by molar-refractivity contribution is -0.137. The highest BCUT2D eigenvalue weighted by Crippen LogP contribution is 2.12. The molecule has 1 rings (SSSR count). The number of allylic oxidation sites excluding steroid dienone is 2. The molecule has 0 aliphatic rings. The predicted molar refractivity (Wildman–Crippen MR) is 122 cm³/mol. The minimum atomic E-state index is -0.301. The first-order chi connectivity index (χ1) is 13.8. The van der Waals surface area contributed by atoms with Crippen molar-refractivity contribution in [2.45, 2.75) is 78.1 Å². The average molecular weight is 386 g/mol. The third-order valence-electron chi connectivity index (χ3n) is 4.63. The minimum Gasteiger partial charge on any atom is -0.463 e. The summed E-state index contributed by atoms with van der Waals surface area (Å²) in [5.74, 6) is -0.301. The van der Waals surface area contributed by atoms with Gasteiger partial charge in [0, 0.05) is 18.3 Å². The van der Waals surface area contributed by atoms with E-state index in [1.165, 1.54) is 57.4 Å². The Morgan fingerprint density at radius 3 is 2.21 bits per heavy atom. The molecule has 0 unspecified atom stereocenters. The van der Waals surface area contributed by atoms with Crippen LogP contribution >= 0.6 is 0 Å². The lowest BCUT2D eigenvalue weighted by atomic mass is 10.1. The number of esters is 1. The van der Waals surface area contributed by atoms with Crippen LogP contribution in [0.2, 0.25) is 0 Å². The summed E-state index contributed by atoms with van der Waals surface area (Å²) < 4.78 is 4.87. The fourth-order valence-corrected chi connectivity index (χ4v) is 2.97. The molecule has 0 heterocycles. The fourth-order valence-electron chi connectivity index (χ4n) is 2.97. The van der Waals surface area contributed by atoms with Crippen LogP contribution in [0.1, 0.15) is 83.6 Å². The molecule has 3 nitrogen and oxygen atoms in total. The maximum absolute atomic E-state index is 11.3. The summed E-state index contributed by atoms with van der Waals surface area (Å²) in [5, 5.41) is 3.44. The van der Waals surface area contributed by atoms with Gasteiger partial charge in [0.25, 0.3) is 0 Å². The molecule has 0 saturated heterocycles. The summed E-state index contributed by atoms with van der Waals surface area (Å²) in [6.07, 6.45) is 21.0. The van der Waals surface area contributed by atoms with Crippen molar-refractivity contribution < 1.29 is 9.53 Å². The number of ether oxygens (including phenoxy) is 1. The molecule has 0 aromatic heterocycles. The van der Waals surface area contributed by atoms with Crippen LogP contribution in [0.25, 0.3) is 6.08 Å². The summed E-state index contributed by atoms with van der Waals surface area (Å²) in [6.45, 7) is 5.45. The monoisotopic (exact) mass is 385 g/mol. The van der Waals surface area contributed by atoms with Crippen LogP contribution in [0.5, 0.6) is 0 Å². The van der Waals surface area contributed by atoms with Crippen molar-refractivity contribution in [2.24, 2.45) is 0 Å². The quantitative estimate of drug-likeness (QED) is 0.142. The number of unbranched alkanes of at least 4 members (excludes halogenated alkanes) is 8. The zero-order chi connectivity index (χ0) is 20.3. The number of carbonyl (C=O) groups is 1. The van der Waals surface area contributed by atoms with E-state index in [1.807, 2.05) is 24.3 Å². The second-order valence-corrected chi connectivity index (χ2v) is 7.16. The van der Waals surface area contributed by atoms with E-state index in [1.54, 1.807) is 13.0 Å². The Labute approximate surface area is 172 Å². The van der Waals surface area contributed by atoms with Crippen LogP contribution in [-0.4, -0.2) is 19.1 Å². The minimum absolute atomic E-state index is 0.301. The van der Waals surface area contributed by atoms with Gasteiger partial charge in [-0.25, -0.2) is 4.79 Å². The van der Waals surface area contributed by atoms with Gasteiger partial charge >= 0.3 is 5.97 Å². The maximum Gasteiger partial charge on any atom is 0.330 e. The molecule has 0 aliphatic carbocycles. The molecular weight excluding hydrogens is 346 g/mol. The van der Waals surface area contributed by atoms with Crippen LogP contribution in [0.15, 0.2) is 42.5 Å². The predicted octanol–water partition coefficient (Wildman–Crippen LogP) is 7.15. The molecule has 1 N–H and O–H groups in total. The highest BCUT2D eigenvalue weighted by atomic mass is 16.5. The summed E-state index contributed by atoms with van der Waals surface area (Å²) in [4.78, 5) is 11.3. The Bertz CT molecular complexity index is 560. The number of carbonyl (C=O) groups excluding carboxylic acids is 1. The summed E-state index contributed by atoms with van der Waals surface area (Å²) >= 11 is 0. The molecule has 3 heteroatoms. The second-order valence-electron chi connectivity index (χ2n) is 7.16. The molecule has 0 fully saturated rings. The van der Waals surface area contributed by atoms with E-state index in [0.717, 1.165) is 30.6 Å². The smallest absolute Gasteiger partial charge is 0.330 e. The van der Waals surface area contributed by atoms with Crippen molar-refractivity contribution in [1.82, 2.24) is 0 Å². The molecule has 0 radical (unpaired) electrons. The van der Waals surface area contributed by atoms with E-state index in [2.05, 4.69) is 24.4 Å². The zero-order valence-electron chi connectivity index (χ0n) is 17.9. The van der Waals surface area contributed by atoms with Crippen molar-refractivity contribution >= 4 is 17.7 Å². The van der Waals surface area contributed by atoms with Crippen molar-refractivity contribution in [2.75, 3.05) is 18.5 Å².